The maximum atomic E-state index is 8.98. The molecule has 0 amide bonds. The molecular formula is C24H13N5O. The predicted molar refractivity (Wildman–Crippen MR) is 115 cm³/mol. The highest BCUT2D eigenvalue weighted by atomic mass is 16.3. The van der Waals surface area contributed by atoms with Crippen LogP contribution in [-0.2, 0) is 0 Å². The number of benzene rings is 2. The minimum absolute atomic E-state index is 0.615. The van der Waals surface area contributed by atoms with Gasteiger partial charge in [-0.25, -0.2) is 4.98 Å². The Morgan fingerprint density at radius 1 is 0.767 bits per heavy atom. The van der Waals surface area contributed by atoms with Crippen molar-refractivity contribution in [1.29, 1.82) is 5.26 Å². The van der Waals surface area contributed by atoms with Gasteiger partial charge in [0.05, 0.1) is 33.7 Å². The van der Waals surface area contributed by atoms with Crippen LogP contribution in [0.2, 0.25) is 0 Å². The first-order valence-electron chi connectivity index (χ1n) is 9.44. The summed E-state index contributed by atoms with van der Waals surface area (Å²) in [5.74, 6) is 2.00. The smallest absolute Gasteiger partial charge is 0.174 e. The molecule has 0 atom stereocenters. The van der Waals surface area contributed by atoms with Crippen molar-refractivity contribution < 1.29 is 4.42 Å². The van der Waals surface area contributed by atoms with E-state index in [0.29, 0.717) is 22.9 Å². The van der Waals surface area contributed by atoms with E-state index in [1.54, 1.807) is 24.5 Å². The molecule has 4 aromatic heterocycles. The van der Waals surface area contributed by atoms with Gasteiger partial charge in [-0.2, -0.15) is 5.26 Å². The molecule has 0 saturated heterocycles. The normalized spacial score (nSPS) is 11.3. The number of H-pyrrole nitrogens is 1. The molecule has 0 aliphatic carbocycles. The Bertz CT molecular complexity index is 1530. The highest BCUT2D eigenvalue weighted by Gasteiger charge is 2.17. The number of nitriles is 1. The number of fused-ring (bicyclic) bond motifs is 6. The summed E-state index contributed by atoms with van der Waals surface area (Å²) in [5, 5.41) is 10.9. The third-order valence-electron chi connectivity index (χ3n) is 5.21. The summed E-state index contributed by atoms with van der Waals surface area (Å²) in [6.07, 6.45) is 3.54. The van der Waals surface area contributed by atoms with Gasteiger partial charge in [0, 0.05) is 28.7 Å². The minimum atomic E-state index is 0.615. The fraction of sp³-hybridized carbons (Fsp3) is 0. The number of nitrogens with one attached hydrogen (secondary N) is 1. The first-order valence-corrected chi connectivity index (χ1v) is 9.44. The Labute approximate surface area is 170 Å². The number of hydrogen-bond donors (Lipinski definition) is 1. The van der Waals surface area contributed by atoms with E-state index >= 15 is 0 Å². The number of aromatic nitrogens is 4. The Hall–Kier alpha value is -4.50. The molecular weight excluding hydrogens is 374 g/mol. The van der Waals surface area contributed by atoms with Crippen molar-refractivity contribution in [2.75, 3.05) is 0 Å². The first kappa shape index (κ1) is 16.5. The average molecular weight is 387 g/mol. The van der Waals surface area contributed by atoms with E-state index < -0.39 is 0 Å². The fourth-order valence-corrected chi connectivity index (χ4v) is 3.79. The van der Waals surface area contributed by atoms with Gasteiger partial charge in [-0.1, -0.05) is 0 Å². The number of imidazole rings is 1. The van der Waals surface area contributed by atoms with Crippen LogP contribution in [0.4, 0.5) is 0 Å². The van der Waals surface area contributed by atoms with Gasteiger partial charge in [-0.3, -0.25) is 9.97 Å². The third kappa shape index (κ3) is 2.39. The lowest BCUT2D eigenvalue weighted by Gasteiger charge is -2.03. The van der Waals surface area contributed by atoms with Crippen LogP contribution in [0.15, 0.2) is 77.5 Å². The lowest BCUT2D eigenvalue weighted by molar-refractivity contribution is 0.593. The van der Waals surface area contributed by atoms with E-state index in [0.717, 1.165) is 38.4 Å². The molecule has 140 valence electrons. The Morgan fingerprint density at radius 3 is 2.23 bits per heavy atom. The minimum Gasteiger partial charge on any atom is -0.453 e. The molecule has 1 N–H and O–H groups in total. The molecule has 0 aliphatic rings. The van der Waals surface area contributed by atoms with E-state index in [2.05, 4.69) is 21.0 Å². The highest BCUT2D eigenvalue weighted by molar-refractivity contribution is 6.20. The van der Waals surface area contributed by atoms with Crippen molar-refractivity contribution in [2.24, 2.45) is 0 Å². The van der Waals surface area contributed by atoms with E-state index in [1.807, 2.05) is 48.5 Å². The summed E-state index contributed by atoms with van der Waals surface area (Å²) in [6, 6.07) is 21.1. The van der Waals surface area contributed by atoms with Crippen LogP contribution in [0.25, 0.3) is 55.7 Å². The summed E-state index contributed by atoms with van der Waals surface area (Å²) in [7, 11) is 0. The van der Waals surface area contributed by atoms with Crippen LogP contribution in [0.1, 0.15) is 5.56 Å². The zero-order chi connectivity index (χ0) is 20.1. The molecule has 0 bridgehead atoms. The van der Waals surface area contributed by atoms with Gasteiger partial charge in [-0.05, 0) is 60.7 Å². The van der Waals surface area contributed by atoms with E-state index in [9.17, 15) is 0 Å². The molecule has 0 aliphatic heterocycles. The predicted octanol–water partition coefficient (Wildman–Crippen LogP) is 5.46. The summed E-state index contributed by atoms with van der Waals surface area (Å²) in [6.45, 7) is 0. The van der Waals surface area contributed by atoms with Crippen molar-refractivity contribution in [2.45, 2.75) is 0 Å². The van der Waals surface area contributed by atoms with Gasteiger partial charge in [-0.15, -0.1) is 0 Å². The lowest BCUT2D eigenvalue weighted by Crippen LogP contribution is -1.86. The van der Waals surface area contributed by atoms with Crippen molar-refractivity contribution in [3.8, 4) is 29.0 Å². The lowest BCUT2D eigenvalue weighted by atomic mass is 10.1. The fourth-order valence-electron chi connectivity index (χ4n) is 3.79. The molecule has 30 heavy (non-hydrogen) atoms. The molecule has 6 nitrogen and oxygen atoms in total. The number of rotatable bonds is 2. The zero-order valence-electron chi connectivity index (χ0n) is 15.6. The Morgan fingerprint density at radius 2 is 1.47 bits per heavy atom. The van der Waals surface area contributed by atoms with Crippen molar-refractivity contribution in [1.82, 2.24) is 19.9 Å². The second-order valence-corrected chi connectivity index (χ2v) is 6.96. The van der Waals surface area contributed by atoms with Gasteiger partial charge in [0.15, 0.2) is 11.6 Å². The molecule has 6 rings (SSSR count). The molecule has 0 radical (unpaired) electrons. The van der Waals surface area contributed by atoms with Gasteiger partial charge in [0.25, 0.3) is 0 Å². The average Bonchev–Trinajstić information content (AvgIpc) is 3.47. The van der Waals surface area contributed by atoms with Crippen LogP contribution < -0.4 is 0 Å². The number of nitrogens with zero attached hydrogens (tertiary/aromatic N) is 4. The van der Waals surface area contributed by atoms with Crippen LogP contribution in [0.5, 0.6) is 0 Å². The molecule has 6 aromatic rings. The second kappa shape index (κ2) is 6.26. The molecule has 0 unspecified atom stereocenters. The van der Waals surface area contributed by atoms with Crippen LogP contribution in [0, 0.1) is 11.3 Å². The zero-order valence-corrected chi connectivity index (χ0v) is 15.6. The van der Waals surface area contributed by atoms with Gasteiger partial charge in [0.1, 0.15) is 5.76 Å². The van der Waals surface area contributed by atoms with Gasteiger partial charge >= 0.3 is 0 Å². The van der Waals surface area contributed by atoms with Gasteiger partial charge in [0.2, 0.25) is 0 Å². The van der Waals surface area contributed by atoms with Crippen molar-refractivity contribution >= 4 is 32.8 Å². The van der Waals surface area contributed by atoms with Crippen LogP contribution in [0.3, 0.4) is 0 Å². The molecule has 2 aromatic carbocycles. The number of furan rings is 1. The molecule has 0 saturated carbocycles. The van der Waals surface area contributed by atoms with E-state index in [1.165, 1.54) is 0 Å². The SMILES string of the molecule is N#Cc1ccc(-c2ccc(-c3nc4c5cccnc5c5ncccc5c4[nH]3)o2)cc1. The molecule has 0 fully saturated rings. The number of aromatic amines is 1. The van der Waals surface area contributed by atoms with Crippen molar-refractivity contribution in [3.63, 3.8) is 0 Å². The summed E-state index contributed by atoms with van der Waals surface area (Å²) < 4.78 is 6.08. The monoisotopic (exact) mass is 387 g/mol. The number of hydrogen-bond acceptors (Lipinski definition) is 5. The maximum absolute atomic E-state index is 8.98. The second-order valence-electron chi connectivity index (χ2n) is 6.96. The number of pyridine rings is 2. The van der Waals surface area contributed by atoms with Crippen LogP contribution >= 0.6 is 0 Å². The van der Waals surface area contributed by atoms with E-state index in [-0.39, 0.29) is 0 Å². The topological polar surface area (TPSA) is 91.4 Å². The van der Waals surface area contributed by atoms with Crippen molar-refractivity contribution in [3.05, 3.63) is 78.6 Å². The molecule has 0 spiro atoms. The first-order chi connectivity index (χ1) is 14.8. The summed E-state index contributed by atoms with van der Waals surface area (Å²) in [5.41, 5.74) is 4.93. The Balaban J connectivity index is 1.54. The van der Waals surface area contributed by atoms with Gasteiger partial charge < -0.3 is 9.40 Å². The quantitative estimate of drug-likeness (QED) is 0.398. The Kier molecular flexibility index (Phi) is 3.43. The highest BCUT2D eigenvalue weighted by Crippen LogP contribution is 2.34. The summed E-state index contributed by atoms with van der Waals surface area (Å²) >= 11 is 0. The maximum Gasteiger partial charge on any atom is 0.174 e. The van der Waals surface area contributed by atoms with E-state index in [4.69, 9.17) is 14.7 Å². The largest absolute Gasteiger partial charge is 0.453 e. The molecule has 4 heterocycles. The van der Waals surface area contributed by atoms with Crippen LogP contribution in [-0.4, -0.2) is 19.9 Å². The third-order valence-corrected chi connectivity index (χ3v) is 5.21. The standard InChI is InChI=1S/C24H13N5O/c25-13-14-5-7-15(8-6-14)18-9-10-19(30-18)24-28-22-16-3-1-11-26-20(16)21-17(23(22)29-24)4-2-12-27-21/h1-12H,(H,28,29). The summed E-state index contributed by atoms with van der Waals surface area (Å²) in [4.78, 5) is 17.3. The molecule has 6 heteroatoms.